The molecule has 5 nitrogen and oxygen atoms in total. The third-order valence-electron chi connectivity index (χ3n) is 3.33. The van der Waals surface area contributed by atoms with Crippen LogP contribution in [0, 0.1) is 0 Å². The number of aryl methyl sites for hydroxylation is 1. The molecule has 0 bridgehead atoms. The summed E-state index contributed by atoms with van der Waals surface area (Å²) in [6, 6.07) is 12.7. The summed E-state index contributed by atoms with van der Waals surface area (Å²) >= 11 is 0. The number of anilines is 1. The molecule has 0 saturated heterocycles. The number of halogens is 2. The Kier molecular flexibility index (Phi) is 6.45. The van der Waals surface area contributed by atoms with Crippen molar-refractivity contribution in [3.05, 3.63) is 59.7 Å². The Morgan fingerprint density at radius 3 is 2.48 bits per heavy atom. The molecule has 0 aliphatic rings. The quantitative estimate of drug-likeness (QED) is 0.775. The van der Waals surface area contributed by atoms with Gasteiger partial charge in [0.15, 0.2) is 6.61 Å². The number of hydrogen-bond acceptors (Lipinski definition) is 4. The minimum Gasteiger partial charge on any atom is -0.452 e. The first kappa shape index (κ1) is 18.4. The molecule has 1 N–H and O–H groups in total. The molecule has 0 aliphatic carbocycles. The van der Waals surface area contributed by atoms with Gasteiger partial charge in [-0.25, -0.2) is 4.79 Å². The average molecular weight is 349 g/mol. The molecule has 0 heterocycles. The predicted molar refractivity (Wildman–Crippen MR) is 87.8 cm³/mol. The molecule has 7 heteroatoms. The van der Waals surface area contributed by atoms with Gasteiger partial charge in [0.2, 0.25) is 0 Å². The normalized spacial score (nSPS) is 10.4. The lowest BCUT2D eigenvalue weighted by Crippen LogP contribution is -2.22. The first-order chi connectivity index (χ1) is 12.0. The maximum atomic E-state index is 12.4. The fourth-order valence-corrected chi connectivity index (χ4v) is 2.18. The number of carbonyl (C=O) groups is 2. The lowest BCUT2D eigenvalue weighted by molar-refractivity contribution is -0.119. The first-order valence-electron chi connectivity index (χ1n) is 7.60. The van der Waals surface area contributed by atoms with E-state index in [0.717, 1.165) is 12.0 Å². The monoisotopic (exact) mass is 349 g/mol. The Balaban J connectivity index is 1.97. The number of para-hydroxylation sites is 2. The van der Waals surface area contributed by atoms with E-state index in [-0.39, 0.29) is 11.3 Å². The van der Waals surface area contributed by atoms with Crippen LogP contribution in [0.5, 0.6) is 5.75 Å². The van der Waals surface area contributed by atoms with E-state index < -0.39 is 25.1 Å². The van der Waals surface area contributed by atoms with Crippen LogP contribution in [-0.4, -0.2) is 25.1 Å². The molecule has 0 aromatic heterocycles. The van der Waals surface area contributed by atoms with Crippen LogP contribution in [0.3, 0.4) is 0 Å². The Bertz CT molecular complexity index is 749. The number of rotatable bonds is 7. The van der Waals surface area contributed by atoms with Crippen LogP contribution >= 0.6 is 0 Å². The second-order valence-electron chi connectivity index (χ2n) is 5.01. The van der Waals surface area contributed by atoms with Crippen molar-refractivity contribution in [1.29, 1.82) is 0 Å². The Morgan fingerprint density at radius 1 is 1.08 bits per heavy atom. The van der Waals surface area contributed by atoms with E-state index >= 15 is 0 Å². The van der Waals surface area contributed by atoms with Crippen molar-refractivity contribution in [3.63, 3.8) is 0 Å². The van der Waals surface area contributed by atoms with Crippen molar-refractivity contribution in [1.82, 2.24) is 0 Å². The summed E-state index contributed by atoms with van der Waals surface area (Å²) in [5.41, 5.74) is 1.40. The topological polar surface area (TPSA) is 64.6 Å². The molecule has 0 atom stereocenters. The van der Waals surface area contributed by atoms with Crippen LogP contribution in [-0.2, 0) is 16.0 Å². The molecule has 2 aromatic carbocycles. The smallest absolute Gasteiger partial charge is 0.387 e. The molecule has 0 spiro atoms. The van der Waals surface area contributed by atoms with Gasteiger partial charge in [0.05, 0.1) is 0 Å². The highest BCUT2D eigenvalue weighted by Gasteiger charge is 2.17. The number of hydrogen-bond donors (Lipinski definition) is 1. The van der Waals surface area contributed by atoms with E-state index in [4.69, 9.17) is 4.74 Å². The van der Waals surface area contributed by atoms with Crippen LogP contribution in [0.25, 0.3) is 0 Å². The van der Waals surface area contributed by atoms with Crippen molar-refractivity contribution in [2.24, 2.45) is 0 Å². The summed E-state index contributed by atoms with van der Waals surface area (Å²) in [5, 5.41) is 2.65. The summed E-state index contributed by atoms with van der Waals surface area (Å²) < 4.78 is 33.9. The van der Waals surface area contributed by atoms with E-state index in [9.17, 15) is 18.4 Å². The van der Waals surface area contributed by atoms with Crippen LogP contribution in [0.2, 0.25) is 0 Å². The van der Waals surface area contributed by atoms with E-state index in [0.29, 0.717) is 5.69 Å². The van der Waals surface area contributed by atoms with Gasteiger partial charge >= 0.3 is 12.6 Å². The van der Waals surface area contributed by atoms with Gasteiger partial charge in [-0.1, -0.05) is 37.3 Å². The SMILES string of the molecule is CCc1ccccc1NC(=O)COC(=O)c1ccccc1OC(F)F. The van der Waals surface area contributed by atoms with E-state index in [1.165, 1.54) is 24.3 Å². The molecule has 0 unspecified atom stereocenters. The summed E-state index contributed by atoms with van der Waals surface area (Å²) in [4.78, 5) is 23.9. The van der Waals surface area contributed by atoms with Crippen LogP contribution in [0.15, 0.2) is 48.5 Å². The third-order valence-corrected chi connectivity index (χ3v) is 3.33. The first-order valence-corrected chi connectivity index (χ1v) is 7.60. The molecule has 0 fully saturated rings. The molecule has 0 aliphatic heterocycles. The van der Waals surface area contributed by atoms with Crippen LogP contribution in [0.1, 0.15) is 22.8 Å². The van der Waals surface area contributed by atoms with Crippen molar-refractivity contribution in [2.75, 3.05) is 11.9 Å². The fourth-order valence-electron chi connectivity index (χ4n) is 2.18. The number of nitrogens with one attached hydrogen (secondary N) is 1. The molecular formula is C18H17F2NO4. The zero-order valence-corrected chi connectivity index (χ0v) is 13.5. The zero-order chi connectivity index (χ0) is 18.2. The van der Waals surface area contributed by atoms with Gasteiger partial charge in [-0.2, -0.15) is 8.78 Å². The highest BCUT2D eigenvalue weighted by atomic mass is 19.3. The van der Waals surface area contributed by atoms with Crippen molar-refractivity contribution in [3.8, 4) is 5.75 Å². The Morgan fingerprint density at radius 2 is 1.76 bits per heavy atom. The van der Waals surface area contributed by atoms with Gasteiger partial charge in [0, 0.05) is 5.69 Å². The van der Waals surface area contributed by atoms with Crippen LogP contribution < -0.4 is 10.1 Å². The summed E-state index contributed by atoms with van der Waals surface area (Å²) in [6.07, 6.45) is 0.731. The van der Waals surface area contributed by atoms with Crippen molar-refractivity contribution in [2.45, 2.75) is 20.0 Å². The maximum absolute atomic E-state index is 12.4. The molecule has 132 valence electrons. The average Bonchev–Trinajstić information content (AvgIpc) is 2.60. The lowest BCUT2D eigenvalue weighted by atomic mass is 10.1. The van der Waals surface area contributed by atoms with Gasteiger partial charge in [-0.3, -0.25) is 4.79 Å². The van der Waals surface area contributed by atoms with E-state index in [1.54, 1.807) is 12.1 Å². The second kappa shape index (κ2) is 8.77. The van der Waals surface area contributed by atoms with Crippen molar-refractivity contribution >= 4 is 17.6 Å². The molecular weight excluding hydrogens is 332 g/mol. The highest BCUT2D eigenvalue weighted by Crippen LogP contribution is 2.21. The summed E-state index contributed by atoms with van der Waals surface area (Å²) in [7, 11) is 0. The molecule has 1 amide bonds. The van der Waals surface area contributed by atoms with E-state index in [2.05, 4.69) is 10.1 Å². The number of ether oxygens (including phenoxy) is 2. The third kappa shape index (κ3) is 5.27. The van der Waals surface area contributed by atoms with Gasteiger partial charge in [0.1, 0.15) is 11.3 Å². The molecule has 25 heavy (non-hydrogen) atoms. The maximum Gasteiger partial charge on any atom is 0.387 e. The Hall–Kier alpha value is -2.96. The minimum atomic E-state index is -3.07. The Labute approximate surface area is 143 Å². The summed E-state index contributed by atoms with van der Waals surface area (Å²) in [6.45, 7) is -1.66. The standard InChI is InChI=1S/C18H17F2NO4/c1-2-12-7-3-5-9-14(12)21-16(22)11-24-17(23)13-8-4-6-10-15(13)25-18(19)20/h3-10,18H,2,11H2,1H3,(H,21,22). The summed E-state index contributed by atoms with van der Waals surface area (Å²) in [5.74, 6) is -1.75. The largest absolute Gasteiger partial charge is 0.452 e. The lowest BCUT2D eigenvalue weighted by Gasteiger charge is -2.11. The van der Waals surface area contributed by atoms with Crippen molar-refractivity contribution < 1.29 is 27.8 Å². The molecule has 0 radical (unpaired) electrons. The number of alkyl halides is 2. The van der Waals surface area contributed by atoms with E-state index in [1.807, 2.05) is 19.1 Å². The molecule has 2 aromatic rings. The molecule has 2 rings (SSSR count). The van der Waals surface area contributed by atoms with Gasteiger partial charge < -0.3 is 14.8 Å². The number of amides is 1. The zero-order valence-electron chi connectivity index (χ0n) is 13.5. The van der Waals surface area contributed by atoms with Crippen LogP contribution in [0.4, 0.5) is 14.5 Å². The highest BCUT2D eigenvalue weighted by molar-refractivity contribution is 5.97. The van der Waals surface area contributed by atoms with Gasteiger partial charge in [-0.15, -0.1) is 0 Å². The number of esters is 1. The number of benzene rings is 2. The molecule has 0 saturated carbocycles. The van der Waals surface area contributed by atoms with Gasteiger partial charge in [-0.05, 0) is 30.2 Å². The fraction of sp³-hybridized carbons (Fsp3) is 0.222. The minimum absolute atomic E-state index is 0.176. The number of carbonyl (C=O) groups excluding carboxylic acids is 2. The van der Waals surface area contributed by atoms with Gasteiger partial charge in [0.25, 0.3) is 5.91 Å². The predicted octanol–water partition coefficient (Wildman–Crippen LogP) is 3.65. The second-order valence-corrected chi connectivity index (χ2v) is 5.01.